The van der Waals surface area contributed by atoms with Crippen LogP contribution in [0.3, 0.4) is 0 Å². The Morgan fingerprint density at radius 1 is 1.37 bits per heavy atom. The average molecular weight is 259 g/mol. The summed E-state index contributed by atoms with van der Waals surface area (Å²) in [6.07, 6.45) is 2.68. The van der Waals surface area contributed by atoms with E-state index >= 15 is 0 Å². The van der Waals surface area contributed by atoms with Gasteiger partial charge in [-0.05, 0) is 25.0 Å². The van der Waals surface area contributed by atoms with Crippen LogP contribution in [0.15, 0.2) is 24.3 Å². The first kappa shape index (κ1) is 12.2. The Balaban J connectivity index is 1.97. The molecule has 1 heterocycles. The molecule has 3 rings (SSSR count). The molecule has 2 amide bonds. The molecule has 0 spiro atoms. The van der Waals surface area contributed by atoms with E-state index in [1.165, 1.54) is 0 Å². The third-order valence-corrected chi connectivity index (χ3v) is 4.17. The van der Waals surface area contributed by atoms with Crippen molar-refractivity contribution in [2.24, 2.45) is 11.1 Å². The maximum Gasteiger partial charge on any atom is 0.244 e. The van der Waals surface area contributed by atoms with Crippen molar-refractivity contribution in [2.75, 3.05) is 23.3 Å². The Morgan fingerprint density at radius 3 is 2.74 bits per heavy atom. The lowest BCUT2D eigenvalue weighted by atomic mass is 9.67. The van der Waals surface area contributed by atoms with Crippen LogP contribution in [0, 0.1) is 5.41 Å². The lowest BCUT2D eigenvalue weighted by Gasteiger charge is -2.43. The maximum absolute atomic E-state index is 12.7. The van der Waals surface area contributed by atoms with E-state index in [1.54, 1.807) is 4.90 Å². The van der Waals surface area contributed by atoms with Gasteiger partial charge in [-0.2, -0.15) is 0 Å². The molecule has 3 N–H and O–H groups in total. The highest BCUT2D eigenvalue weighted by Crippen LogP contribution is 2.43. The highest BCUT2D eigenvalue weighted by molar-refractivity contribution is 6.11. The first-order valence-electron chi connectivity index (χ1n) is 6.57. The second-order valence-electron chi connectivity index (χ2n) is 5.29. The van der Waals surface area contributed by atoms with E-state index in [0.717, 1.165) is 24.9 Å². The minimum Gasteiger partial charge on any atom is -0.329 e. The van der Waals surface area contributed by atoms with E-state index in [9.17, 15) is 9.59 Å². The highest BCUT2D eigenvalue weighted by atomic mass is 16.2. The van der Waals surface area contributed by atoms with Gasteiger partial charge in [0, 0.05) is 6.54 Å². The molecule has 1 saturated carbocycles. The first-order chi connectivity index (χ1) is 9.16. The van der Waals surface area contributed by atoms with E-state index < -0.39 is 5.41 Å². The molecule has 1 aromatic rings. The molecule has 2 aliphatic rings. The molecule has 1 fully saturated rings. The second-order valence-corrected chi connectivity index (χ2v) is 5.29. The van der Waals surface area contributed by atoms with Crippen molar-refractivity contribution in [1.29, 1.82) is 0 Å². The SMILES string of the molecule is NCC1(C(=O)N2CC(=O)Nc3ccccc32)CCC1. The molecule has 1 aromatic carbocycles. The Kier molecular flexibility index (Phi) is 2.78. The number of nitrogens with two attached hydrogens (primary N) is 1. The van der Waals surface area contributed by atoms with Crippen LogP contribution in [0.1, 0.15) is 19.3 Å². The zero-order chi connectivity index (χ0) is 13.5. The van der Waals surface area contributed by atoms with Crippen LogP contribution in [-0.4, -0.2) is 24.9 Å². The Bertz CT molecular complexity index is 532. The highest BCUT2D eigenvalue weighted by Gasteiger charge is 2.46. The van der Waals surface area contributed by atoms with Gasteiger partial charge in [0.1, 0.15) is 6.54 Å². The zero-order valence-electron chi connectivity index (χ0n) is 10.7. The van der Waals surface area contributed by atoms with Crippen LogP contribution < -0.4 is 16.0 Å². The lowest BCUT2D eigenvalue weighted by Crippen LogP contribution is -2.55. The van der Waals surface area contributed by atoms with E-state index in [0.29, 0.717) is 12.2 Å². The summed E-state index contributed by atoms with van der Waals surface area (Å²) < 4.78 is 0. The summed E-state index contributed by atoms with van der Waals surface area (Å²) in [4.78, 5) is 26.0. The minimum absolute atomic E-state index is 0.0106. The number of amides is 2. The third-order valence-electron chi connectivity index (χ3n) is 4.17. The third kappa shape index (κ3) is 1.81. The number of carbonyl (C=O) groups is 2. The number of hydrogen-bond acceptors (Lipinski definition) is 3. The van der Waals surface area contributed by atoms with Gasteiger partial charge in [0.15, 0.2) is 0 Å². The standard InChI is InChI=1S/C14H17N3O2/c15-9-14(6-3-7-14)13(19)17-8-12(18)16-10-4-1-2-5-11(10)17/h1-2,4-5H,3,6-9,15H2,(H,16,18). The number of fused-ring (bicyclic) bond motifs is 1. The van der Waals surface area contributed by atoms with Crippen molar-refractivity contribution < 1.29 is 9.59 Å². The summed E-state index contributed by atoms with van der Waals surface area (Å²) in [7, 11) is 0. The second kappa shape index (κ2) is 4.35. The van der Waals surface area contributed by atoms with Crippen molar-refractivity contribution in [2.45, 2.75) is 19.3 Å². The van der Waals surface area contributed by atoms with Gasteiger partial charge in [-0.15, -0.1) is 0 Å². The molecular formula is C14H17N3O2. The van der Waals surface area contributed by atoms with Gasteiger partial charge in [0.2, 0.25) is 11.8 Å². The Labute approximate surface area is 111 Å². The lowest BCUT2D eigenvalue weighted by molar-refractivity contribution is -0.133. The molecule has 0 bridgehead atoms. The number of rotatable bonds is 2. The number of nitrogens with zero attached hydrogens (tertiary/aromatic N) is 1. The molecule has 0 radical (unpaired) electrons. The van der Waals surface area contributed by atoms with Crippen molar-refractivity contribution in [3.8, 4) is 0 Å². The van der Waals surface area contributed by atoms with E-state index in [4.69, 9.17) is 5.73 Å². The first-order valence-corrected chi connectivity index (χ1v) is 6.57. The quantitative estimate of drug-likeness (QED) is 0.835. The van der Waals surface area contributed by atoms with Crippen molar-refractivity contribution in [3.63, 3.8) is 0 Å². The van der Waals surface area contributed by atoms with Gasteiger partial charge < -0.3 is 16.0 Å². The average Bonchev–Trinajstić information content (AvgIpc) is 2.37. The molecular weight excluding hydrogens is 242 g/mol. The molecule has 0 atom stereocenters. The van der Waals surface area contributed by atoms with E-state index in [2.05, 4.69) is 5.32 Å². The predicted octanol–water partition coefficient (Wildman–Crippen LogP) is 1.10. The van der Waals surface area contributed by atoms with Crippen LogP contribution >= 0.6 is 0 Å². The summed E-state index contributed by atoms with van der Waals surface area (Å²) in [5.74, 6) is -0.165. The van der Waals surface area contributed by atoms with Gasteiger partial charge in [0.05, 0.1) is 16.8 Å². The van der Waals surface area contributed by atoms with Crippen LogP contribution in [0.2, 0.25) is 0 Å². The number of carbonyl (C=O) groups excluding carboxylic acids is 2. The Hall–Kier alpha value is -1.88. The molecule has 5 nitrogen and oxygen atoms in total. The molecule has 0 saturated heterocycles. The molecule has 0 unspecified atom stereocenters. The van der Waals surface area contributed by atoms with Gasteiger partial charge in [0.25, 0.3) is 0 Å². The topological polar surface area (TPSA) is 75.4 Å². The molecule has 5 heteroatoms. The normalized spacial score (nSPS) is 20.3. The monoisotopic (exact) mass is 259 g/mol. The summed E-state index contributed by atoms with van der Waals surface area (Å²) in [5.41, 5.74) is 6.79. The molecule has 0 aromatic heterocycles. The van der Waals surface area contributed by atoms with Gasteiger partial charge in [-0.3, -0.25) is 9.59 Å². The van der Waals surface area contributed by atoms with Gasteiger partial charge in [-0.1, -0.05) is 18.6 Å². The minimum atomic E-state index is -0.454. The van der Waals surface area contributed by atoms with Crippen LogP contribution in [0.5, 0.6) is 0 Å². The fourth-order valence-electron chi connectivity index (χ4n) is 2.81. The smallest absolute Gasteiger partial charge is 0.244 e. The largest absolute Gasteiger partial charge is 0.329 e. The fraction of sp³-hybridized carbons (Fsp3) is 0.429. The van der Waals surface area contributed by atoms with Crippen LogP contribution in [-0.2, 0) is 9.59 Å². The summed E-state index contributed by atoms with van der Waals surface area (Å²) in [5, 5.41) is 2.79. The summed E-state index contributed by atoms with van der Waals surface area (Å²) >= 11 is 0. The predicted molar refractivity (Wildman–Crippen MR) is 72.8 cm³/mol. The van der Waals surface area contributed by atoms with Crippen molar-refractivity contribution >= 4 is 23.2 Å². The fourth-order valence-corrected chi connectivity index (χ4v) is 2.81. The number of para-hydroxylation sites is 2. The van der Waals surface area contributed by atoms with E-state index in [-0.39, 0.29) is 18.4 Å². The summed E-state index contributed by atoms with van der Waals surface area (Å²) in [6.45, 7) is 0.434. The molecule has 19 heavy (non-hydrogen) atoms. The van der Waals surface area contributed by atoms with Crippen LogP contribution in [0.4, 0.5) is 11.4 Å². The number of nitrogens with one attached hydrogen (secondary N) is 1. The van der Waals surface area contributed by atoms with Gasteiger partial charge in [-0.25, -0.2) is 0 Å². The number of anilines is 2. The molecule has 1 aliphatic carbocycles. The number of hydrogen-bond donors (Lipinski definition) is 2. The maximum atomic E-state index is 12.7. The van der Waals surface area contributed by atoms with Crippen molar-refractivity contribution in [1.82, 2.24) is 0 Å². The summed E-state index contributed by atoms with van der Waals surface area (Å²) in [6, 6.07) is 7.37. The van der Waals surface area contributed by atoms with Crippen molar-refractivity contribution in [3.05, 3.63) is 24.3 Å². The van der Waals surface area contributed by atoms with Crippen LogP contribution in [0.25, 0.3) is 0 Å². The van der Waals surface area contributed by atoms with E-state index in [1.807, 2.05) is 24.3 Å². The zero-order valence-corrected chi connectivity index (χ0v) is 10.7. The molecule has 100 valence electrons. The van der Waals surface area contributed by atoms with Gasteiger partial charge >= 0.3 is 0 Å². The Morgan fingerprint density at radius 2 is 2.11 bits per heavy atom. The molecule has 1 aliphatic heterocycles. The number of benzene rings is 1.